The summed E-state index contributed by atoms with van der Waals surface area (Å²) in [5.74, 6) is -1.22. The van der Waals surface area contributed by atoms with Gasteiger partial charge in [0, 0.05) is 10.4 Å². The molecule has 5 rings (SSSR count). The first kappa shape index (κ1) is 22.6. The molecule has 0 radical (unpaired) electrons. The Kier molecular flexibility index (Phi) is 5.96. The summed E-state index contributed by atoms with van der Waals surface area (Å²) in [6, 6.07) is 15.9. The molecule has 0 aliphatic rings. The number of nitrogens with zero attached hydrogens (tertiary/aromatic N) is 3. The van der Waals surface area contributed by atoms with Crippen LogP contribution in [0.4, 0.5) is 0 Å². The van der Waals surface area contributed by atoms with Crippen molar-refractivity contribution in [2.45, 2.75) is 26.8 Å². The number of aromatic nitrogens is 4. The SMILES string of the molecule is CCCOc1nc2c(C)sc(C(=O)O)c2n1Cc1ccc(-c2ccccc2-c2noc(=O)[nH]2)cc1. The molecule has 0 saturated heterocycles. The molecule has 3 heterocycles. The monoisotopic (exact) mass is 490 g/mol. The van der Waals surface area contributed by atoms with Gasteiger partial charge in [-0.3, -0.25) is 14.1 Å². The van der Waals surface area contributed by atoms with Gasteiger partial charge in [-0.15, -0.1) is 11.3 Å². The quantitative estimate of drug-likeness (QED) is 0.315. The van der Waals surface area contributed by atoms with Crippen LogP contribution in [0.25, 0.3) is 33.5 Å². The fourth-order valence-corrected chi connectivity index (χ4v) is 4.95. The molecule has 0 aliphatic heterocycles. The number of benzene rings is 2. The molecule has 2 N–H and O–H groups in total. The zero-order valence-corrected chi connectivity index (χ0v) is 19.9. The number of nitrogens with one attached hydrogen (secondary N) is 1. The lowest BCUT2D eigenvalue weighted by molar-refractivity contribution is 0.0703. The van der Waals surface area contributed by atoms with Crippen molar-refractivity contribution in [3.63, 3.8) is 0 Å². The van der Waals surface area contributed by atoms with E-state index in [1.807, 2.05) is 66.9 Å². The highest BCUT2D eigenvalue weighted by molar-refractivity contribution is 7.15. The summed E-state index contributed by atoms with van der Waals surface area (Å²) in [5, 5.41) is 13.6. The number of H-pyrrole nitrogens is 1. The number of aromatic amines is 1. The summed E-state index contributed by atoms with van der Waals surface area (Å²) in [5.41, 5.74) is 4.77. The molecule has 0 amide bonds. The molecule has 9 nitrogen and oxygen atoms in total. The van der Waals surface area contributed by atoms with Gasteiger partial charge in [0.05, 0.1) is 18.7 Å². The Hall–Kier alpha value is -4.18. The number of hydrogen-bond acceptors (Lipinski definition) is 7. The number of carboxylic acid groups (broad SMARTS) is 1. The molecule has 0 aliphatic carbocycles. The van der Waals surface area contributed by atoms with E-state index in [-0.39, 0.29) is 4.88 Å². The number of hydrogen-bond donors (Lipinski definition) is 2. The third-order valence-corrected chi connectivity index (χ3v) is 6.67. The van der Waals surface area contributed by atoms with Gasteiger partial charge in [0.25, 0.3) is 6.01 Å². The lowest BCUT2D eigenvalue weighted by Crippen LogP contribution is -2.07. The standard InChI is InChI=1S/C25H22N4O5S/c1-3-12-33-24-26-19-14(2)35-21(23(30)31)20(19)29(24)13-15-8-10-16(11-9-15)17-6-4-5-7-18(17)22-27-25(32)34-28-22/h4-11H,3,12-13H2,1-2H3,(H,30,31)(H,27,28,32). The van der Waals surface area contributed by atoms with Crippen molar-refractivity contribution in [2.75, 3.05) is 6.61 Å². The van der Waals surface area contributed by atoms with Gasteiger partial charge < -0.3 is 9.84 Å². The molecular weight excluding hydrogens is 468 g/mol. The van der Waals surface area contributed by atoms with E-state index >= 15 is 0 Å². The van der Waals surface area contributed by atoms with Crippen molar-refractivity contribution in [1.82, 2.24) is 19.7 Å². The first-order chi connectivity index (χ1) is 17.0. The van der Waals surface area contributed by atoms with E-state index in [0.29, 0.717) is 36.0 Å². The Bertz CT molecular complexity index is 1580. The Morgan fingerprint density at radius 1 is 1.17 bits per heavy atom. The van der Waals surface area contributed by atoms with Crippen molar-refractivity contribution in [1.29, 1.82) is 0 Å². The molecule has 35 heavy (non-hydrogen) atoms. The lowest BCUT2D eigenvalue weighted by Gasteiger charge is -2.12. The third kappa shape index (κ3) is 4.24. The zero-order chi connectivity index (χ0) is 24.5. The molecule has 0 atom stereocenters. The predicted molar refractivity (Wildman–Crippen MR) is 132 cm³/mol. The summed E-state index contributed by atoms with van der Waals surface area (Å²) in [7, 11) is 0. The third-order valence-electron chi connectivity index (χ3n) is 5.59. The van der Waals surface area contributed by atoms with Crippen LogP contribution in [0, 0.1) is 6.92 Å². The van der Waals surface area contributed by atoms with Gasteiger partial charge in [0.1, 0.15) is 10.4 Å². The number of ether oxygens (including phenoxy) is 1. The van der Waals surface area contributed by atoms with E-state index < -0.39 is 11.7 Å². The molecular formula is C25H22N4O5S. The Balaban J connectivity index is 1.52. The average molecular weight is 491 g/mol. The highest BCUT2D eigenvalue weighted by Gasteiger charge is 2.24. The highest BCUT2D eigenvalue weighted by atomic mass is 32.1. The molecule has 3 aromatic heterocycles. The topological polar surface area (TPSA) is 123 Å². The second-order valence-electron chi connectivity index (χ2n) is 8.00. The summed E-state index contributed by atoms with van der Waals surface area (Å²) in [6.07, 6.45) is 0.815. The molecule has 10 heteroatoms. The van der Waals surface area contributed by atoms with E-state index in [0.717, 1.165) is 33.6 Å². The minimum atomic E-state index is -0.978. The normalized spacial score (nSPS) is 11.3. The van der Waals surface area contributed by atoms with E-state index in [4.69, 9.17) is 4.74 Å². The summed E-state index contributed by atoms with van der Waals surface area (Å²) in [6.45, 7) is 4.78. The maximum atomic E-state index is 11.9. The van der Waals surface area contributed by atoms with Crippen molar-refractivity contribution in [3.05, 3.63) is 74.4 Å². The smallest absolute Gasteiger partial charge is 0.439 e. The maximum absolute atomic E-state index is 11.9. The first-order valence-corrected chi connectivity index (χ1v) is 11.9. The second-order valence-corrected chi connectivity index (χ2v) is 9.23. The number of thiophene rings is 1. The van der Waals surface area contributed by atoms with Crippen LogP contribution < -0.4 is 10.5 Å². The maximum Gasteiger partial charge on any atom is 0.439 e. The van der Waals surface area contributed by atoms with E-state index in [2.05, 4.69) is 19.6 Å². The number of aromatic carboxylic acids is 1. The van der Waals surface area contributed by atoms with Crippen molar-refractivity contribution in [3.8, 4) is 28.5 Å². The molecule has 5 aromatic rings. The number of carboxylic acids is 1. The molecule has 0 fully saturated rings. The predicted octanol–water partition coefficient (Wildman–Crippen LogP) is 4.95. The van der Waals surface area contributed by atoms with Crippen LogP contribution in [-0.4, -0.2) is 37.4 Å². The fraction of sp³-hybridized carbons (Fsp3) is 0.200. The van der Waals surface area contributed by atoms with Crippen molar-refractivity contribution in [2.24, 2.45) is 0 Å². The first-order valence-electron chi connectivity index (χ1n) is 11.1. The van der Waals surface area contributed by atoms with Gasteiger partial charge in [-0.05, 0) is 30.0 Å². The van der Waals surface area contributed by atoms with Crippen LogP contribution in [0.2, 0.25) is 0 Å². The number of fused-ring (bicyclic) bond motifs is 1. The van der Waals surface area contributed by atoms with Crippen LogP contribution in [0.5, 0.6) is 6.01 Å². The summed E-state index contributed by atoms with van der Waals surface area (Å²) >= 11 is 1.22. The zero-order valence-electron chi connectivity index (χ0n) is 19.1. The van der Waals surface area contributed by atoms with Crippen molar-refractivity contribution >= 4 is 28.3 Å². The van der Waals surface area contributed by atoms with Crippen LogP contribution in [0.15, 0.2) is 57.8 Å². The average Bonchev–Trinajstić information content (AvgIpc) is 3.54. The molecule has 0 saturated carbocycles. The van der Waals surface area contributed by atoms with Gasteiger partial charge in [-0.25, -0.2) is 9.59 Å². The largest absolute Gasteiger partial charge is 0.477 e. The Morgan fingerprint density at radius 2 is 1.91 bits per heavy atom. The number of aryl methyl sites for hydroxylation is 1. The van der Waals surface area contributed by atoms with Crippen LogP contribution in [0.1, 0.15) is 33.5 Å². The molecule has 0 spiro atoms. The van der Waals surface area contributed by atoms with Crippen LogP contribution in [0.3, 0.4) is 0 Å². The van der Waals surface area contributed by atoms with E-state index in [9.17, 15) is 14.7 Å². The minimum Gasteiger partial charge on any atom is -0.477 e. The fourth-order valence-electron chi connectivity index (χ4n) is 4.01. The Morgan fingerprint density at radius 3 is 2.57 bits per heavy atom. The lowest BCUT2D eigenvalue weighted by atomic mass is 9.98. The molecule has 0 bridgehead atoms. The summed E-state index contributed by atoms with van der Waals surface area (Å²) < 4.78 is 12.4. The Labute approximate surface area is 203 Å². The van der Waals surface area contributed by atoms with Crippen LogP contribution in [-0.2, 0) is 6.54 Å². The number of carbonyl (C=O) groups is 1. The second kappa shape index (κ2) is 9.22. The molecule has 178 valence electrons. The molecule has 2 aromatic carbocycles. The van der Waals surface area contributed by atoms with E-state index in [1.54, 1.807) is 0 Å². The van der Waals surface area contributed by atoms with E-state index in [1.165, 1.54) is 11.3 Å². The highest BCUT2D eigenvalue weighted by Crippen LogP contribution is 2.35. The van der Waals surface area contributed by atoms with Gasteiger partial charge in [-0.2, -0.15) is 4.98 Å². The number of imidazole rings is 1. The number of rotatable bonds is 8. The summed E-state index contributed by atoms with van der Waals surface area (Å²) in [4.78, 5) is 31.6. The minimum absolute atomic E-state index is 0.253. The van der Waals surface area contributed by atoms with Crippen LogP contribution >= 0.6 is 11.3 Å². The van der Waals surface area contributed by atoms with Gasteiger partial charge in [-0.1, -0.05) is 60.6 Å². The van der Waals surface area contributed by atoms with Gasteiger partial charge >= 0.3 is 11.7 Å². The van der Waals surface area contributed by atoms with Crippen molar-refractivity contribution < 1.29 is 19.2 Å². The van der Waals surface area contributed by atoms with Gasteiger partial charge in [0.15, 0.2) is 5.82 Å². The van der Waals surface area contributed by atoms with Gasteiger partial charge in [0.2, 0.25) is 0 Å². The molecule has 0 unspecified atom stereocenters.